The number of amides is 2. The van der Waals surface area contributed by atoms with Crippen molar-refractivity contribution in [2.45, 2.75) is 46.8 Å². The van der Waals surface area contributed by atoms with E-state index in [2.05, 4.69) is 15.8 Å². The van der Waals surface area contributed by atoms with Crippen molar-refractivity contribution in [3.05, 3.63) is 63.1 Å². The molecule has 0 spiro atoms. The molecule has 0 saturated heterocycles. The fourth-order valence-corrected chi connectivity index (χ4v) is 3.91. The summed E-state index contributed by atoms with van der Waals surface area (Å²) >= 11 is 0. The van der Waals surface area contributed by atoms with Crippen LogP contribution in [0.5, 0.6) is 0 Å². The van der Waals surface area contributed by atoms with Gasteiger partial charge in [0.15, 0.2) is 11.2 Å². The van der Waals surface area contributed by atoms with Gasteiger partial charge in [-0.1, -0.05) is 51.1 Å². The Morgan fingerprint density at radius 1 is 1.12 bits per heavy atom. The van der Waals surface area contributed by atoms with Gasteiger partial charge in [-0.15, -0.1) is 0 Å². The lowest BCUT2D eigenvalue weighted by Crippen LogP contribution is -2.48. The Balaban J connectivity index is 1.70. The SMILES string of the molecule is CC(C)Cn1cnc2c1c(=O)n(CC(=O)NNC(=O)[C@@H]1C[C@@H]1C)c(=O)n2Cc1ccccc1. The molecule has 2 N–H and O–H groups in total. The summed E-state index contributed by atoms with van der Waals surface area (Å²) < 4.78 is 4.01. The first-order valence-corrected chi connectivity index (χ1v) is 11.1. The van der Waals surface area contributed by atoms with Crippen molar-refractivity contribution in [1.29, 1.82) is 0 Å². The van der Waals surface area contributed by atoms with Crippen molar-refractivity contribution in [2.75, 3.05) is 0 Å². The number of aromatic nitrogens is 4. The zero-order valence-electron chi connectivity index (χ0n) is 18.9. The second kappa shape index (κ2) is 9.05. The van der Waals surface area contributed by atoms with Crippen LogP contribution in [0, 0.1) is 17.8 Å². The summed E-state index contributed by atoms with van der Waals surface area (Å²) in [5.74, 6) is -0.504. The number of fused-ring (bicyclic) bond motifs is 1. The molecule has 174 valence electrons. The summed E-state index contributed by atoms with van der Waals surface area (Å²) in [4.78, 5) is 55.4. The summed E-state index contributed by atoms with van der Waals surface area (Å²) in [5, 5.41) is 0. The van der Waals surface area contributed by atoms with Crippen LogP contribution in [0.25, 0.3) is 11.2 Å². The number of carbonyl (C=O) groups excluding carboxylic acids is 2. The molecule has 0 aliphatic heterocycles. The van der Waals surface area contributed by atoms with Crippen molar-refractivity contribution in [1.82, 2.24) is 29.5 Å². The van der Waals surface area contributed by atoms with E-state index in [0.29, 0.717) is 12.5 Å². The third kappa shape index (κ3) is 4.74. The van der Waals surface area contributed by atoms with Gasteiger partial charge in [-0.3, -0.25) is 29.8 Å². The van der Waals surface area contributed by atoms with Crippen LogP contribution in [0.15, 0.2) is 46.2 Å². The standard InChI is InChI=1S/C23H28N6O4/c1-14(2)10-27-13-24-20-19(27)22(32)29(12-18(30)25-26-21(31)17-9-15(17)3)23(33)28(20)11-16-7-5-4-6-8-16/h4-8,13-15,17H,9-12H2,1-3H3,(H,25,30)(H,26,31)/t15-,17+/m0/s1. The topological polar surface area (TPSA) is 120 Å². The number of imidazole rings is 1. The lowest BCUT2D eigenvalue weighted by Gasteiger charge is -2.14. The molecular formula is C23H28N6O4. The third-order valence-corrected chi connectivity index (χ3v) is 5.80. The minimum absolute atomic E-state index is 0.113. The molecule has 0 unspecified atom stereocenters. The lowest BCUT2D eigenvalue weighted by atomic mass is 10.2. The molecule has 3 aromatic rings. The highest BCUT2D eigenvalue weighted by Crippen LogP contribution is 2.37. The van der Waals surface area contributed by atoms with Crippen LogP contribution in [0.4, 0.5) is 0 Å². The van der Waals surface area contributed by atoms with E-state index in [1.807, 2.05) is 51.1 Å². The Morgan fingerprint density at radius 3 is 2.45 bits per heavy atom. The van der Waals surface area contributed by atoms with E-state index in [4.69, 9.17) is 0 Å². The summed E-state index contributed by atoms with van der Waals surface area (Å²) in [6, 6.07) is 9.35. The van der Waals surface area contributed by atoms with Crippen LogP contribution in [0.1, 0.15) is 32.8 Å². The average molecular weight is 453 g/mol. The first-order valence-electron chi connectivity index (χ1n) is 11.1. The molecule has 1 fully saturated rings. The number of hydrazine groups is 1. The maximum Gasteiger partial charge on any atom is 0.333 e. The highest BCUT2D eigenvalue weighted by molar-refractivity contribution is 5.85. The summed E-state index contributed by atoms with van der Waals surface area (Å²) in [6.45, 7) is 6.21. The van der Waals surface area contributed by atoms with Crippen LogP contribution in [0.2, 0.25) is 0 Å². The molecule has 1 aromatic carbocycles. The largest absolute Gasteiger partial charge is 0.333 e. The first kappa shape index (κ1) is 22.5. The number of rotatable bonds is 7. The van der Waals surface area contributed by atoms with Crippen molar-refractivity contribution < 1.29 is 9.59 Å². The Hall–Kier alpha value is -3.69. The number of hydrogen-bond donors (Lipinski definition) is 2. The molecule has 10 nitrogen and oxygen atoms in total. The summed E-state index contributed by atoms with van der Waals surface area (Å²) in [6.07, 6.45) is 2.33. The fourth-order valence-electron chi connectivity index (χ4n) is 3.91. The highest BCUT2D eigenvalue weighted by atomic mass is 16.2. The zero-order chi connectivity index (χ0) is 23.7. The molecule has 1 saturated carbocycles. The quantitative estimate of drug-likeness (QED) is 0.516. The van der Waals surface area contributed by atoms with Crippen LogP contribution < -0.4 is 22.1 Å². The Bertz CT molecular complexity index is 1300. The summed E-state index contributed by atoms with van der Waals surface area (Å²) in [5.41, 5.74) is 4.88. The Kier molecular flexibility index (Phi) is 6.17. The maximum atomic E-state index is 13.3. The first-order chi connectivity index (χ1) is 15.8. The molecule has 0 radical (unpaired) electrons. The summed E-state index contributed by atoms with van der Waals surface area (Å²) in [7, 11) is 0. The minimum Gasteiger partial charge on any atom is -0.324 e. The van der Waals surface area contributed by atoms with E-state index in [1.165, 1.54) is 4.57 Å². The Labute approximate surface area is 190 Å². The average Bonchev–Trinajstić information content (AvgIpc) is 3.38. The smallest absolute Gasteiger partial charge is 0.324 e. The van der Waals surface area contributed by atoms with Gasteiger partial charge in [0.25, 0.3) is 11.5 Å². The molecule has 4 rings (SSSR count). The van der Waals surface area contributed by atoms with Crippen molar-refractivity contribution >= 4 is 23.0 Å². The highest BCUT2D eigenvalue weighted by Gasteiger charge is 2.39. The van der Waals surface area contributed by atoms with Gasteiger partial charge >= 0.3 is 5.69 Å². The van der Waals surface area contributed by atoms with Crippen molar-refractivity contribution in [3.63, 3.8) is 0 Å². The van der Waals surface area contributed by atoms with Crippen molar-refractivity contribution in [2.24, 2.45) is 17.8 Å². The lowest BCUT2D eigenvalue weighted by molar-refractivity contribution is -0.130. The molecule has 1 aliphatic rings. The monoisotopic (exact) mass is 452 g/mol. The molecular weight excluding hydrogens is 424 g/mol. The van der Waals surface area contributed by atoms with Gasteiger partial charge in [0, 0.05) is 12.5 Å². The van der Waals surface area contributed by atoms with E-state index in [1.54, 1.807) is 10.9 Å². The van der Waals surface area contributed by atoms with Gasteiger partial charge in [-0.2, -0.15) is 0 Å². The molecule has 2 amide bonds. The third-order valence-electron chi connectivity index (χ3n) is 5.80. The van der Waals surface area contributed by atoms with Gasteiger partial charge in [0.05, 0.1) is 12.9 Å². The normalized spacial score (nSPS) is 17.3. The van der Waals surface area contributed by atoms with Crippen LogP contribution >= 0.6 is 0 Å². The predicted octanol–water partition coefficient (Wildman–Crippen LogP) is 0.867. The van der Waals surface area contributed by atoms with E-state index in [-0.39, 0.29) is 35.5 Å². The number of nitrogens with one attached hydrogen (secondary N) is 2. The van der Waals surface area contributed by atoms with Crippen LogP contribution in [-0.2, 0) is 29.2 Å². The fraction of sp³-hybridized carbons (Fsp3) is 0.435. The minimum atomic E-state index is -0.656. The number of carbonyl (C=O) groups is 2. The molecule has 10 heteroatoms. The molecule has 0 bridgehead atoms. The van der Waals surface area contributed by atoms with Gasteiger partial charge < -0.3 is 4.57 Å². The van der Waals surface area contributed by atoms with Gasteiger partial charge in [0.2, 0.25) is 5.91 Å². The number of nitrogens with zero attached hydrogens (tertiary/aromatic N) is 4. The van der Waals surface area contributed by atoms with Gasteiger partial charge in [-0.25, -0.2) is 14.3 Å². The number of benzene rings is 1. The van der Waals surface area contributed by atoms with Crippen molar-refractivity contribution in [3.8, 4) is 0 Å². The second-order valence-electron chi connectivity index (χ2n) is 9.07. The maximum absolute atomic E-state index is 13.3. The van der Waals surface area contributed by atoms with E-state index in [0.717, 1.165) is 16.6 Å². The molecule has 1 aliphatic carbocycles. The Morgan fingerprint density at radius 2 is 1.82 bits per heavy atom. The van der Waals surface area contributed by atoms with Gasteiger partial charge in [-0.05, 0) is 23.8 Å². The molecule has 2 heterocycles. The number of hydrogen-bond acceptors (Lipinski definition) is 5. The zero-order valence-corrected chi connectivity index (χ0v) is 18.9. The van der Waals surface area contributed by atoms with E-state index >= 15 is 0 Å². The molecule has 2 atom stereocenters. The van der Waals surface area contributed by atoms with E-state index in [9.17, 15) is 19.2 Å². The molecule has 33 heavy (non-hydrogen) atoms. The second-order valence-corrected chi connectivity index (χ2v) is 9.07. The van der Waals surface area contributed by atoms with Crippen LogP contribution in [0.3, 0.4) is 0 Å². The molecule has 2 aromatic heterocycles. The van der Waals surface area contributed by atoms with Crippen LogP contribution in [-0.4, -0.2) is 30.5 Å². The predicted molar refractivity (Wildman–Crippen MR) is 122 cm³/mol. The van der Waals surface area contributed by atoms with Gasteiger partial charge in [0.1, 0.15) is 6.54 Å². The van der Waals surface area contributed by atoms with E-state index < -0.39 is 23.7 Å².